The molecule has 0 radical (unpaired) electrons. The number of rotatable bonds is 7. The Morgan fingerprint density at radius 2 is 1.58 bits per heavy atom. The van der Waals surface area contributed by atoms with Crippen molar-refractivity contribution in [2.45, 2.75) is 19.0 Å². The van der Waals surface area contributed by atoms with Gasteiger partial charge in [-0.3, -0.25) is 4.98 Å². The van der Waals surface area contributed by atoms with E-state index in [9.17, 15) is 0 Å². The van der Waals surface area contributed by atoms with Crippen molar-refractivity contribution in [1.29, 1.82) is 0 Å². The number of aromatic nitrogens is 1. The number of pyridine rings is 1. The molecule has 2 aromatic carbocycles. The van der Waals surface area contributed by atoms with Gasteiger partial charge in [-0.25, -0.2) is 0 Å². The van der Waals surface area contributed by atoms with Crippen molar-refractivity contribution in [3.63, 3.8) is 0 Å². The molecule has 0 bridgehead atoms. The zero-order chi connectivity index (χ0) is 16.6. The molecule has 0 aliphatic heterocycles. The molecule has 0 fully saturated rings. The molecule has 0 saturated carbocycles. The number of nitrogens with one attached hydrogen (secondary N) is 1. The van der Waals surface area contributed by atoms with Crippen LogP contribution < -0.4 is 11.1 Å². The van der Waals surface area contributed by atoms with Gasteiger partial charge in [0.25, 0.3) is 0 Å². The lowest BCUT2D eigenvalue weighted by molar-refractivity contribution is 0.515. The lowest BCUT2D eigenvalue weighted by Gasteiger charge is -2.17. The van der Waals surface area contributed by atoms with E-state index < -0.39 is 0 Å². The fourth-order valence-corrected chi connectivity index (χ4v) is 2.75. The summed E-state index contributed by atoms with van der Waals surface area (Å²) in [6.07, 6.45) is 4.59. The number of benzene rings is 2. The number of hydrogen-bond donors (Lipinski definition) is 2. The fraction of sp³-hybridized carbons (Fsp3) is 0.190. The third-order valence-corrected chi connectivity index (χ3v) is 4.15. The van der Waals surface area contributed by atoms with E-state index in [-0.39, 0.29) is 6.04 Å². The predicted octanol–water partition coefficient (Wildman–Crippen LogP) is 3.41. The first-order valence-electron chi connectivity index (χ1n) is 8.32. The quantitative estimate of drug-likeness (QED) is 0.702. The van der Waals surface area contributed by atoms with E-state index in [1.54, 1.807) is 6.20 Å². The van der Waals surface area contributed by atoms with Gasteiger partial charge in [0.1, 0.15) is 0 Å². The van der Waals surface area contributed by atoms with E-state index in [2.05, 4.69) is 64.9 Å². The maximum Gasteiger partial charge on any atom is 0.0300 e. The highest BCUT2D eigenvalue weighted by Gasteiger charge is 2.07. The van der Waals surface area contributed by atoms with Gasteiger partial charge >= 0.3 is 0 Å². The predicted molar refractivity (Wildman–Crippen MR) is 99.5 cm³/mol. The third kappa shape index (κ3) is 4.51. The second-order valence-electron chi connectivity index (χ2n) is 5.94. The molecule has 0 aliphatic rings. The highest BCUT2D eigenvalue weighted by molar-refractivity contribution is 5.63. The lowest BCUT2D eigenvalue weighted by Crippen LogP contribution is -2.37. The van der Waals surface area contributed by atoms with Crippen LogP contribution in [-0.2, 0) is 13.0 Å². The second kappa shape index (κ2) is 8.39. The van der Waals surface area contributed by atoms with Crippen LogP contribution in [0.15, 0.2) is 79.1 Å². The first kappa shape index (κ1) is 16.4. The van der Waals surface area contributed by atoms with Gasteiger partial charge in [0.15, 0.2) is 0 Å². The molecular weight excluding hydrogens is 294 g/mol. The van der Waals surface area contributed by atoms with Crippen LogP contribution in [0.5, 0.6) is 0 Å². The van der Waals surface area contributed by atoms with E-state index >= 15 is 0 Å². The normalized spacial score (nSPS) is 12.0. The fourth-order valence-electron chi connectivity index (χ4n) is 2.75. The molecule has 0 amide bonds. The molecule has 3 aromatic rings. The smallest absolute Gasteiger partial charge is 0.0300 e. The summed E-state index contributed by atoms with van der Waals surface area (Å²) < 4.78 is 0. The molecule has 1 aromatic heterocycles. The Labute approximate surface area is 143 Å². The van der Waals surface area contributed by atoms with Gasteiger partial charge in [0, 0.05) is 31.5 Å². The van der Waals surface area contributed by atoms with Crippen molar-refractivity contribution in [2.24, 2.45) is 5.73 Å². The highest BCUT2D eigenvalue weighted by Crippen LogP contribution is 2.19. The van der Waals surface area contributed by atoms with Crippen LogP contribution in [-0.4, -0.2) is 17.6 Å². The Hall–Kier alpha value is -2.49. The molecule has 0 spiro atoms. The van der Waals surface area contributed by atoms with Crippen molar-refractivity contribution in [2.75, 3.05) is 6.54 Å². The molecule has 3 nitrogen and oxygen atoms in total. The first-order valence-corrected chi connectivity index (χ1v) is 8.32. The summed E-state index contributed by atoms with van der Waals surface area (Å²) in [5, 5.41) is 3.54. The minimum absolute atomic E-state index is 0.253. The summed E-state index contributed by atoms with van der Waals surface area (Å²) in [6, 6.07) is 23.4. The van der Waals surface area contributed by atoms with Crippen LogP contribution in [0.1, 0.15) is 11.1 Å². The minimum Gasteiger partial charge on any atom is -0.329 e. The first-order chi connectivity index (χ1) is 11.8. The minimum atomic E-state index is 0.253. The van der Waals surface area contributed by atoms with Crippen molar-refractivity contribution in [1.82, 2.24) is 10.3 Å². The average Bonchev–Trinajstić information content (AvgIpc) is 2.67. The summed E-state index contributed by atoms with van der Waals surface area (Å²) in [6.45, 7) is 1.42. The van der Waals surface area contributed by atoms with Crippen LogP contribution >= 0.6 is 0 Å². The van der Waals surface area contributed by atoms with Gasteiger partial charge in [0.2, 0.25) is 0 Å². The van der Waals surface area contributed by atoms with Crippen LogP contribution in [0.2, 0.25) is 0 Å². The van der Waals surface area contributed by atoms with Gasteiger partial charge in [-0.15, -0.1) is 0 Å². The standard InChI is InChI=1S/C21H23N3/c22-14-21(13-18-5-4-12-23-15-18)24-16-17-8-10-20(11-9-17)19-6-2-1-3-7-19/h1-12,15,21,24H,13-14,16,22H2. The molecule has 3 N–H and O–H groups in total. The Morgan fingerprint density at radius 3 is 2.25 bits per heavy atom. The zero-order valence-electron chi connectivity index (χ0n) is 13.7. The largest absolute Gasteiger partial charge is 0.329 e. The molecule has 1 heterocycles. The van der Waals surface area contributed by atoms with Gasteiger partial charge < -0.3 is 11.1 Å². The van der Waals surface area contributed by atoms with E-state index in [0.717, 1.165) is 13.0 Å². The summed E-state index contributed by atoms with van der Waals surface area (Å²) in [5.41, 5.74) is 10.9. The average molecular weight is 317 g/mol. The Morgan fingerprint density at radius 1 is 0.833 bits per heavy atom. The molecule has 3 rings (SSSR count). The van der Waals surface area contributed by atoms with Gasteiger partial charge in [-0.05, 0) is 34.7 Å². The Kier molecular flexibility index (Phi) is 5.72. The number of hydrogen-bond acceptors (Lipinski definition) is 3. The van der Waals surface area contributed by atoms with E-state index in [1.165, 1.54) is 22.3 Å². The summed E-state index contributed by atoms with van der Waals surface area (Å²) in [4.78, 5) is 4.16. The van der Waals surface area contributed by atoms with Gasteiger partial charge in [-0.1, -0.05) is 60.7 Å². The molecule has 24 heavy (non-hydrogen) atoms. The maximum absolute atomic E-state index is 5.90. The SMILES string of the molecule is NCC(Cc1cccnc1)NCc1ccc(-c2ccccc2)cc1. The monoisotopic (exact) mass is 317 g/mol. The number of nitrogens with two attached hydrogens (primary N) is 1. The molecule has 0 saturated heterocycles. The van der Waals surface area contributed by atoms with E-state index in [1.807, 2.05) is 18.3 Å². The van der Waals surface area contributed by atoms with Crippen LogP contribution in [0.25, 0.3) is 11.1 Å². The molecule has 1 unspecified atom stereocenters. The van der Waals surface area contributed by atoms with Crippen LogP contribution in [0.4, 0.5) is 0 Å². The summed E-state index contributed by atoms with van der Waals surface area (Å²) in [7, 11) is 0. The van der Waals surface area contributed by atoms with Crippen LogP contribution in [0, 0.1) is 0 Å². The van der Waals surface area contributed by atoms with Crippen molar-refractivity contribution < 1.29 is 0 Å². The topological polar surface area (TPSA) is 50.9 Å². The molecule has 0 aliphatic carbocycles. The van der Waals surface area contributed by atoms with E-state index in [4.69, 9.17) is 5.73 Å². The maximum atomic E-state index is 5.90. The molecular formula is C21H23N3. The van der Waals surface area contributed by atoms with Gasteiger partial charge in [0.05, 0.1) is 0 Å². The van der Waals surface area contributed by atoms with Crippen molar-refractivity contribution in [3.8, 4) is 11.1 Å². The second-order valence-corrected chi connectivity index (χ2v) is 5.94. The Bertz CT molecular complexity index is 724. The summed E-state index contributed by atoms with van der Waals surface area (Å²) >= 11 is 0. The lowest BCUT2D eigenvalue weighted by atomic mass is 10.0. The zero-order valence-corrected chi connectivity index (χ0v) is 13.7. The Balaban J connectivity index is 1.57. The molecule has 122 valence electrons. The third-order valence-electron chi connectivity index (χ3n) is 4.15. The van der Waals surface area contributed by atoms with Gasteiger partial charge in [-0.2, -0.15) is 0 Å². The van der Waals surface area contributed by atoms with Crippen molar-refractivity contribution in [3.05, 3.63) is 90.3 Å². The summed E-state index contributed by atoms with van der Waals surface area (Å²) in [5.74, 6) is 0. The highest BCUT2D eigenvalue weighted by atomic mass is 14.9. The number of nitrogens with zero attached hydrogens (tertiary/aromatic N) is 1. The molecule has 3 heteroatoms. The van der Waals surface area contributed by atoms with Crippen LogP contribution in [0.3, 0.4) is 0 Å². The molecule has 1 atom stereocenters. The van der Waals surface area contributed by atoms with Crippen molar-refractivity contribution >= 4 is 0 Å². The van der Waals surface area contributed by atoms with E-state index in [0.29, 0.717) is 6.54 Å².